The van der Waals surface area contributed by atoms with E-state index in [0.29, 0.717) is 10.8 Å². The van der Waals surface area contributed by atoms with Crippen LogP contribution in [0.1, 0.15) is 25.8 Å². The molecule has 0 unspecified atom stereocenters. The molecule has 0 amide bonds. The molecule has 2 rings (SSSR count). The molecular formula is C19H23FN4S. The second kappa shape index (κ2) is 9.74. The van der Waals surface area contributed by atoms with E-state index in [1.807, 2.05) is 12.1 Å². The first-order valence-electron chi connectivity index (χ1n) is 8.33. The number of hydrogen-bond acceptors (Lipinski definition) is 3. The summed E-state index contributed by atoms with van der Waals surface area (Å²) in [5.41, 5.74) is 5.48. The standard InChI is InChI=1S/C19H23FN4S/c1-3-12-24(4-2)18-10-8-15(9-11-18)14-21-23-19(25)22-17-7-5-6-16(20)13-17/h5-11,13-14H,3-4,12H2,1-2H3,(H2,22,23,25). The van der Waals surface area contributed by atoms with E-state index in [-0.39, 0.29) is 5.82 Å². The van der Waals surface area contributed by atoms with Crippen molar-refractivity contribution in [2.45, 2.75) is 20.3 Å². The summed E-state index contributed by atoms with van der Waals surface area (Å²) >= 11 is 5.13. The average molecular weight is 358 g/mol. The molecule has 0 atom stereocenters. The van der Waals surface area contributed by atoms with Crippen LogP contribution >= 0.6 is 12.2 Å². The van der Waals surface area contributed by atoms with Crippen LogP contribution in [0.2, 0.25) is 0 Å². The van der Waals surface area contributed by atoms with Gasteiger partial charge < -0.3 is 10.2 Å². The molecule has 0 aromatic heterocycles. The molecule has 4 nitrogen and oxygen atoms in total. The summed E-state index contributed by atoms with van der Waals surface area (Å²) in [6, 6.07) is 14.3. The molecule has 0 radical (unpaired) electrons. The van der Waals surface area contributed by atoms with Crippen molar-refractivity contribution < 1.29 is 4.39 Å². The zero-order chi connectivity index (χ0) is 18.1. The van der Waals surface area contributed by atoms with Crippen LogP contribution in [-0.2, 0) is 0 Å². The largest absolute Gasteiger partial charge is 0.372 e. The predicted molar refractivity (Wildman–Crippen MR) is 108 cm³/mol. The van der Waals surface area contributed by atoms with E-state index in [1.165, 1.54) is 17.8 Å². The second-order valence-corrected chi connectivity index (χ2v) is 5.91. The molecular weight excluding hydrogens is 335 g/mol. The van der Waals surface area contributed by atoms with Crippen molar-refractivity contribution in [1.82, 2.24) is 5.43 Å². The Labute approximate surface area is 153 Å². The third-order valence-electron chi connectivity index (χ3n) is 3.60. The molecule has 25 heavy (non-hydrogen) atoms. The summed E-state index contributed by atoms with van der Waals surface area (Å²) in [5.74, 6) is -0.319. The fraction of sp³-hybridized carbons (Fsp3) is 0.263. The highest BCUT2D eigenvalue weighted by atomic mass is 32.1. The summed E-state index contributed by atoms with van der Waals surface area (Å²) in [7, 11) is 0. The first-order chi connectivity index (χ1) is 12.1. The third kappa shape index (κ3) is 6.15. The molecule has 2 N–H and O–H groups in total. The molecule has 0 aliphatic carbocycles. The molecule has 0 spiro atoms. The van der Waals surface area contributed by atoms with E-state index in [2.05, 4.69) is 46.7 Å². The molecule has 0 saturated carbocycles. The minimum atomic E-state index is -0.319. The van der Waals surface area contributed by atoms with Crippen molar-refractivity contribution in [2.75, 3.05) is 23.3 Å². The van der Waals surface area contributed by atoms with Crippen molar-refractivity contribution in [2.24, 2.45) is 5.10 Å². The Hall–Kier alpha value is -2.47. The molecule has 0 aliphatic heterocycles. The number of nitrogens with zero attached hydrogens (tertiary/aromatic N) is 2. The monoisotopic (exact) mass is 358 g/mol. The van der Waals surface area contributed by atoms with Gasteiger partial charge in [0, 0.05) is 24.5 Å². The zero-order valence-electron chi connectivity index (χ0n) is 14.5. The van der Waals surface area contributed by atoms with Gasteiger partial charge in [-0.3, -0.25) is 5.43 Å². The van der Waals surface area contributed by atoms with Gasteiger partial charge in [0.05, 0.1) is 6.21 Å². The Balaban J connectivity index is 1.88. The highest BCUT2D eigenvalue weighted by Crippen LogP contribution is 2.14. The number of nitrogens with one attached hydrogen (secondary N) is 2. The number of benzene rings is 2. The second-order valence-electron chi connectivity index (χ2n) is 5.51. The number of halogens is 1. The van der Waals surface area contributed by atoms with Crippen LogP contribution in [0, 0.1) is 5.82 Å². The summed E-state index contributed by atoms with van der Waals surface area (Å²) in [6.45, 7) is 6.37. The van der Waals surface area contributed by atoms with Crippen LogP contribution in [0.5, 0.6) is 0 Å². The maximum atomic E-state index is 13.1. The Morgan fingerprint density at radius 3 is 2.60 bits per heavy atom. The van der Waals surface area contributed by atoms with Gasteiger partial charge in [-0.2, -0.15) is 5.10 Å². The molecule has 6 heteroatoms. The Bertz CT molecular complexity index is 716. The molecule has 0 fully saturated rings. The van der Waals surface area contributed by atoms with Crippen molar-refractivity contribution in [3.8, 4) is 0 Å². The predicted octanol–water partition coefficient (Wildman–Crippen LogP) is 4.38. The van der Waals surface area contributed by atoms with Crippen LogP contribution in [-0.4, -0.2) is 24.4 Å². The van der Waals surface area contributed by atoms with Gasteiger partial charge in [0.25, 0.3) is 0 Å². The van der Waals surface area contributed by atoms with Crippen LogP contribution in [0.3, 0.4) is 0 Å². The Morgan fingerprint density at radius 1 is 1.20 bits per heavy atom. The number of anilines is 2. The van der Waals surface area contributed by atoms with Gasteiger partial charge in [-0.05, 0) is 61.5 Å². The molecule has 0 bridgehead atoms. The van der Waals surface area contributed by atoms with E-state index < -0.39 is 0 Å². The highest BCUT2D eigenvalue weighted by molar-refractivity contribution is 7.80. The highest BCUT2D eigenvalue weighted by Gasteiger charge is 2.02. The van der Waals surface area contributed by atoms with Gasteiger partial charge in [0.2, 0.25) is 0 Å². The summed E-state index contributed by atoms with van der Waals surface area (Å²) < 4.78 is 13.1. The van der Waals surface area contributed by atoms with Gasteiger partial charge in [-0.1, -0.05) is 25.1 Å². The van der Waals surface area contributed by atoms with Gasteiger partial charge in [0.15, 0.2) is 5.11 Å². The lowest BCUT2D eigenvalue weighted by molar-refractivity contribution is 0.628. The van der Waals surface area contributed by atoms with Crippen molar-refractivity contribution >= 4 is 34.9 Å². The summed E-state index contributed by atoms with van der Waals surface area (Å²) in [4.78, 5) is 2.33. The van der Waals surface area contributed by atoms with Crippen molar-refractivity contribution in [3.05, 3.63) is 59.9 Å². The SMILES string of the molecule is CCCN(CC)c1ccc(C=NNC(=S)Nc2cccc(F)c2)cc1. The molecule has 0 saturated heterocycles. The zero-order valence-corrected chi connectivity index (χ0v) is 15.3. The summed E-state index contributed by atoms with van der Waals surface area (Å²) in [6.07, 6.45) is 2.82. The van der Waals surface area contributed by atoms with E-state index in [9.17, 15) is 4.39 Å². The van der Waals surface area contributed by atoms with Gasteiger partial charge in [0.1, 0.15) is 5.82 Å². The lowest BCUT2D eigenvalue weighted by atomic mass is 10.2. The molecule has 2 aromatic rings. The number of hydrogen-bond donors (Lipinski definition) is 2. The first-order valence-corrected chi connectivity index (χ1v) is 8.73. The Morgan fingerprint density at radius 2 is 1.96 bits per heavy atom. The van der Waals surface area contributed by atoms with Crippen LogP contribution in [0.4, 0.5) is 15.8 Å². The number of thiocarbonyl (C=S) groups is 1. The van der Waals surface area contributed by atoms with E-state index >= 15 is 0 Å². The maximum absolute atomic E-state index is 13.1. The van der Waals surface area contributed by atoms with E-state index in [4.69, 9.17) is 12.2 Å². The normalized spacial score (nSPS) is 10.7. The van der Waals surface area contributed by atoms with Crippen LogP contribution in [0.15, 0.2) is 53.6 Å². The minimum Gasteiger partial charge on any atom is -0.372 e. The average Bonchev–Trinajstić information content (AvgIpc) is 2.60. The van der Waals surface area contributed by atoms with E-state index in [0.717, 1.165) is 25.1 Å². The van der Waals surface area contributed by atoms with Crippen molar-refractivity contribution in [3.63, 3.8) is 0 Å². The van der Waals surface area contributed by atoms with Gasteiger partial charge >= 0.3 is 0 Å². The van der Waals surface area contributed by atoms with Gasteiger partial charge in [-0.15, -0.1) is 0 Å². The molecule has 132 valence electrons. The fourth-order valence-electron chi connectivity index (χ4n) is 2.40. The molecule has 0 aliphatic rings. The number of hydrazone groups is 1. The topological polar surface area (TPSA) is 39.7 Å². The van der Waals surface area contributed by atoms with Crippen molar-refractivity contribution in [1.29, 1.82) is 0 Å². The Kier molecular flexibility index (Phi) is 7.35. The number of rotatable bonds is 7. The summed E-state index contributed by atoms with van der Waals surface area (Å²) in [5, 5.41) is 7.28. The lowest BCUT2D eigenvalue weighted by Crippen LogP contribution is -2.24. The third-order valence-corrected chi connectivity index (χ3v) is 3.79. The fourth-order valence-corrected chi connectivity index (χ4v) is 2.57. The molecule has 0 heterocycles. The van der Waals surface area contributed by atoms with E-state index in [1.54, 1.807) is 18.3 Å². The smallest absolute Gasteiger partial charge is 0.191 e. The quantitative estimate of drug-likeness (QED) is 0.438. The van der Waals surface area contributed by atoms with Crippen LogP contribution < -0.4 is 15.6 Å². The minimum absolute atomic E-state index is 0.304. The lowest BCUT2D eigenvalue weighted by Gasteiger charge is -2.22. The van der Waals surface area contributed by atoms with Gasteiger partial charge in [-0.25, -0.2) is 4.39 Å². The molecule has 2 aromatic carbocycles. The first kappa shape index (κ1) is 18.9. The van der Waals surface area contributed by atoms with Crippen LogP contribution in [0.25, 0.3) is 0 Å². The maximum Gasteiger partial charge on any atom is 0.191 e.